The minimum Gasteiger partial charge on any atom is -0.271 e. The molecule has 17 heavy (non-hydrogen) atoms. The highest BCUT2D eigenvalue weighted by Crippen LogP contribution is 2.31. The van der Waals surface area contributed by atoms with E-state index < -0.39 is 24.5 Å². The van der Waals surface area contributed by atoms with Gasteiger partial charge in [0.15, 0.2) is 0 Å². The summed E-state index contributed by atoms with van der Waals surface area (Å²) in [5.41, 5.74) is 2.63. The van der Waals surface area contributed by atoms with Gasteiger partial charge in [0.1, 0.15) is 5.82 Å². The Labute approximate surface area is 104 Å². The Balaban J connectivity index is 2.82. The largest absolute Gasteiger partial charge is 0.389 e. The van der Waals surface area contributed by atoms with Crippen LogP contribution >= 0.6 is 15.9 Å². The predicted octanol–water partition coefficient (Wildman–Crippen LogP) is 3.44. The lowest BCUT2D eigenvalue weighted by Crippen LogP contribution is -2.29. The van der Waals surface area contributed by atoms with E-state index in [1.807, 2.05) is 0 Å². The van der Waals surface area contributed by atoms with E-state index in [1.165, 1.54) is 12.1 Å². The molecule has 0 radical (unpaired) electrons. The Bertz CT molecular complexity index is 381. The molecule has 0 fully saturated rings. The summed E-state index contributed by atoms with van der Waals surface area (Å²) >= 11 is 3.15. The van der Waals surface area contributed by atoms with Crippen molar-refractivity contribution in [3.8, 4) is 0 Å². The SMILES string of the molecule is NNC(CCC(F)(F)F)c1cc(F)ccc1Br. The van der Waals surface area contributed by atoms with E-state index in [-0.39, 0.29) is 6.42 Å². The molecule has 1 unspecified atom stereocenters. The van der Waals surface area contributed by atoms with Crippen LogP contribution in [-0.4, -0.2) is 6.18 Å². The number of benzene rings is 1. The average Bonchev–Trinajstić information content (AvgIpc) is 2.22. The highest BCUT2D eigenvalue weighted by atomic mass is 79.9. The quantitative estimate of drug-likeness (QED) is 0.507. The first-order valence-electron chi connectivity index (χ1n) is 4.81. The van der Waals surface area contributed by atoms with Crippen molar-refractivity contribution in [3.63, 3.8) is 0 Å². The third-order valence-corrected chi connectivity index (χ3v) is 2.97. The third kappa shape index (κ3) is 4.61. The second-order valence-corrected chi connectivity index (χ2v) is 4.39. The lowest BCUT2D eigenvalue weighted by molar-refractivity contribution is -0.136. The maximum Gasteiger partial charge on any atom is 0.389 e. The van der Waals surface area contributed by atoms with Gasteiger partial charge in [0, 0.05) is 16.9 Å². The van der Waals surface area contributed by atoms with E-state index >= 15 is 0 Å². The summed E-state index contributed by atoms with van der Waals surface area (Å²) < 4.78 is 49.8. The fraction of sp³-hybridized carbons (Fsp3) is 0.400. The topological polar surface area (TPSA) is 38.0 Å². The van der Waals surface area contributed by atoms with Crippen LogP contribution in [0, 0.1) is 5.82 Å². The van der Waals surface area contributed by atoms with Crippen molar-refractivity contribution in [1.29, 1.82) is 0 Å². The van der Waals surface area contributed by atoms with Gasteiger partial charge in [-0.25, -0.2) is 4.39 Å². The smallest absolute Gasteiger partial charge is 0.271 e. The standard InChI is InChI=1S/C10H11BrF4N2/c11-8-2-1-6(12)5-7(8)9(17-16)3-4-10(13,14)15/h1-2,5,9,17H,3-4,16H2. The molecule has 0 spiro atoms. The van der Waals surface area contributed by atoms with Crippen molar-refractivity contribution in [2.45, 2.75) is 25.1 Å². The molecule has 1 atom stereocenters. The Kier molecular flexibility index (Phi) is 4.91. The lowest BCUT2D eigenvalue weighted by atomic mass is 10.0. The highest BCUT2D eigenvalue weighted by Gasteiger charge is 2.29. The van der Waals surface area contributed by atoms with Crippen molar-refractivity contribution in [2.75, 3.05) is 0 Å². The molecule has 1 aromatic rings. The minimum absolute atomic E-state index is 0.248. The Morgan fingerprint density at radius 2 is 2.00 bits per heavy atom. The number of hydrogen-bond acceptors (Lipinski definition) is 2. The van der Waals surface area contributed by atoms with Crippen LogP contribution < -0.4 is 11.3 Å². The maximum atomic E-state index is 13.0. The number of hydrazine groups is 1. The van der Waals surface area contributed by atoms with Crippen LogP contribution in [0.5, 0.6) is 0 Å². The van der Waals surface area contributed by atoms with Gasteiger partial charge < -0.3 is 0 Å². The van der Waals surface area contributed by atoms with Gasteiger partial charge in [-0.05, 0) is 30.2 Å². The lowest BCUT2D eigenvalue weighted by Gasteiger charge is -2.18. The van der Waals surface area contributed by atoms with Crippen molar-refractivity contribution in [1.82, 2.24) is 5.43 Å². The zero-order valence-electron chi connectivity index (χ0n) is 8.69. The molecule has 0 saturated heterocycles. The number of nitrogens with two attached hydrogens (primary N) is 1. The fourth-order valence-corrected chi connectivity index (χ4v) is 1.94. The van der Waals surface area contributed by atoms with Crippen LogP contribution in [0.25, 0.3) is 0 Å². The first kappa shape index (κ1) is 14.4. The van der Waals surface area contributed by atoms with Crippen molar-refractivity contribution < 1.29 is 17.6 Å². The minimum atomic E-state index is -4.26. The number of rotatable bonds is 4. The second-order valence-electron chi connectivity index (χ2n) is 3.54. The van der Waals surface area contributed by atoms with Gasteiger partial charge in [-0.3, -0.25) is 11.3 Å². The van der Waals surface area contributed by atoms with E-state index in [0.717, 1.165) is 6.07 Å². The van der Waals surface area contributed by atoms with Crippen LogP contribution in [0.2, 0.25) is 0 Å². The van der Waals surface area contributed by atoms with E-state index in [0.29, 0.717) is 10.0 Å². The van der Waals surface area contributed by atoms with Crippen molar-refractivity contribution in [3.05, 3.63) is 34.1 Å². The molecule has 0 saturated carbocycles. The van der Waals surface area contributed by atoms with Crippen molar-refractivity contribution >= 4 is 15.9 Å². The van der Waals surface area contributed by atoms with Gasteiger partial charge in [0.25, 0.3) is 0 Å². The van der Waals surface area contributed by atoms with Gasteiger partial charge in [-0.15, -0.1) is 0 Å². The van der Waals surface area contributed by atoms with Gasteiger partial charge >= 0.3 is 6.18 Å². The molecule has 0 amide bonds. The molecule has 0 aliphatic rings. The third-order valence-electron chi connectivity index (χ3n) is 2.25. The molecule has 1 aromatic carbocycles. The fourth-order valence-electron chi connectivity index (χ4n) is 1.42. The first-order valence-corrected chi connectivity index (χ1v) is 5.60. The maximum absolute atomic E-state index is 13.0. The van der Waals surface area contributed by atoms with Gasteiger partial charge in [0.2, 0.25) is 0 Å². The molecule has 0 aliphatic heterocycles. The zero-order valence-corrected chi connectivity index (χ0v) is 10.3. The monoisotopic (exact) mass is 314 g/mol. The van der Waals surface area contributed by atoms with Gasteiger partial charge in [-0.2, -0.15) is 13.2 Å². The molecule has 0 aliphatic carbocycles. The summed E-state index contributed by atoms with van der Waals surface area (Å²) in [5, 5.41) is 0. The Morgan fingerprint density at radius 1 is 1.35 bits per heavy atom. The molecule has 96 valence electrons. The molecule has 2 nitrogen and oxygen atoms in total. The number of alkyl halides is 3. The summed E-state index contributed by atoms with van der Waals surface area (Å²) in [6.07, 6.45) is -5.48. The molecule has 0 aromatic heterocycles. The van der Waals surface area contributed by atoms with Gasteiger partial charge in [-0.1, -0.05) is 15.9 Å². The number of nitrogens with one attached hydrogen (secondary N) is 1. The summed E-state index contributed by atoms with van der Waals surface area (Å²) in [4.78, 5) is 0. The van der Waals surface area contributed by atoms with E-state index in [2.05, 4.69) is 21.4 Å². The predicted molar refractivity (Wildman–Crippen MR) is 59.5 cm³/mol. The molecule has 1 rings (SSSR count). The van der Waals surface area contributed by atoms with E-state index in [4.69, 9.17) is 5.84 Å². The van der Waals surface area contributed by atoms with E-state index in [1.54, 1.807) is 0 Å². The Morgan fingerprint density at radius 3 is 2.53 bits per heavy atom. The number of hydrogen-bond donors (Lipinski definition) is 2. The molecule has 0 bridgehead atoms. The molecular weight excluding hydrogens is 304 g/mol. The normalized spacial score (nSPS) is 13.8. The average molecular weight is 315 g/mol. The van der Waals surface area contributed by atoms with Crippen LogP contribution in [0.15, 0.2) is 22.7 Å². The van der Waals surface area contributed by atoms with Crippen molar-refractivity contribution in [2.24, 2.45) is 5.84 Å². The summed E-state index contributed by atoms with van der Waals surface area (Å²) in [6, 6.07) is 3.06. The second kappa shape index (κ2) is 5.79. The summed E-state index contributed by atoms with van der Waals surface area (Å²) in [5.74, 6) is 4.67. The zero-order chi connectivity index (χ0) is 13.1. The highest BCUT2D eigenvalue weighted by molar-refractivity contribution is 9.10. The van der Waals surface area contributed by atoms with Crippen LogP contribution in [0.4, 0.5) is 17.6 Å². The van der Waals surface area contributed by atoms with E-state index in [9.17, 15) is 17.6 Å². The molecular formula is C10H11BrF4N2. The Hall–Kier alpha value is -0.660. The first-order chi connectivity index (χ1) is 7.83. The number of halogens is 5. The van der Waals surface area contributed by atoms with Crippen LogP contribution in [-0.2, 0) is 0 Å². The summed E-state index contributed by atoms with van der Waals surface area (Å²) in [6.45, 7) is 0. The molecule has 3 N–H and O–H groups in total. The molecule has 7 heteroatoms. The van der Waals surface area contributed by atoms with Crippen LogP contribution in [0.1, 0.15) is 24.4 Å². The summed E-state index contributed by atoms with van der Waals surface area (Å²) in [7, 11) is 0. The van der Waals surface area contributed by atoms with Crippen LogP contribution in [0.3, 0.4) is 0 Å². The molecule has 0 heterocycles. The van der Waals surface area contributed by atoms with Gasteiger partial charge in [0.05, 0.1) is 0 Å².